The Labute approximate surface area is 103 Å². The van der Waals surface area contributed by atoms with Crippen LogP contribution >= 0.6 is 22.9 Å². The van der Waals surface area contributed by atoms with E-state index >= 15 is 0 Å². The molecule has 82 valence electrons. The lowest BCUT2D eigenvalue weighted by Gasteiger charge is -2.03. The van der Waals surface area contributed by atoms with Gasteiger partial charge in [0.25, 0.3) is 0 Å². The lowest BCUT2D eigenvalue weighted by molar-refractivity contribution is 0.0996. The molecule has 0 radical (unpaired) electrons. The van der Waals surface area contributed by atoms with Gasteiger partial charge in [0.2, 0.25) is 0 Å². The maximum atomic E-state index is 11.8. The van der Waals surface area contributed by atoms with Crippen molar-refractivity contribution in [2.75, 3.05) is 0 Å². The number of Topliss-reactive ketones (excluding diaryl/α,β-unsaturated/α-hetero) is 1. The molecule has 1 aromatic carbocycles. The summed E-state index contributed by atoms with van der Waals surface area (Å²) < 4.78 is 0. The molecule has 0 bridgehead atoms. The van der Waals surface area contributed by atoms with E-state index in [1.54, 1.807) is 11.7 Å². The topological polar surface area (TPSA) is 30.0 Å². The van der Waals surface area contributed by atoms with Gasteiger partial charge in [0.1, 0.15) is 0 Å². The molecule has 2 rings (SSSR count). The third-order valence-corrected chi connectivity index (χ3v) is 3.43. The van der Waals surface area contributed by atoms with Crippen LogP contribution in [0.1, 0.15) is 20.8 Å². The molecule has 0 N–H and O–H groups in total. The highest BCUT2D eigenvalue weighted by molar-refractivity contribution is 7.11. The second-order valence-electron chi connectivity index (χ2n) is 3.56. The average molecular weight is 252 g/mol. The van der Waals surface area contributed by atoms with Crippen molar-refractivity contribution < 1.29 is 4.79 Å². The van der Waals surface area contributed by atoms with Gasteiger partial charge in [-0.3, -0.25) is 9.78 Å². The summed E-state index contributed by atoms with van der Waals surface area (Å²) in [7, 11) is 0. The Kier molecular flexibility index (Phi) is 3.36. The quantitative estimate of drug-likeness (QED) is 0.781. The fourth-order valence-electron chi connectivity index (χ4n) is 1.41. The molecule has 0 aliphatic heterocycles. The Morgan fingerprint density at radius 1 is 1.50 bits per heavy atom. The third-order valence-electron chi connectivity index (χ3n) is 2.27. The highest BCUT2D eigenvalue weighted by atomic mass is 35.5. The third kappa shape index (κ3) is 2.49. The summed E-state index contributed by atoms with van der Waals surface area (Å²) in [5.74, 6) is 0.0632. The largest absolute Gasteiger partial charge is 0.293 e. The van der Waals surface area contributed by atoms with E-state index in [9.17, 15) is 4.79 Å². The zero-order valence-corrected chi connectivity index (χ0v) is 10.3. The van der Waals surface area contributed by atoms with Gasteiger partial charge in [0.05, 0.1) is 10.4 Å². The predicted molar refractivity (Wildman–Crippen MR) is 66.3 cm³/mol. The van der Waals surface area contributed by atoms with Gasteiger partial charge in [-0.15, -0.1) is 11.3 Å². The Bertz CT molecular complexity index is 508. The van der Waals surface area contributed by atoms with Crippen LogP contribution in [0.4, 0.5) is 0 Å². The molecule has 0 saturated heterocycles. The summed E-state index contributed by atoms with van der Waals surface area (Å²) in [6, 6.07) is 5.73. The van der Waals surface area contributed by atoms with E-state index < -0.39 is 0 Å². The number of rotatable bonds is 3. The molecule has 16 heavy (non-hydrogen) atoms. The van der Waals surface area contributed by atoms with Crippen LogP contribution in [-0.4, -0.2) is 10.8 Å². The molecule has 1 aromatic heterocycles. The molecule has 0 fully saturated rings. The van der Waals surface area contributed by atoms with Crippen molar-refractivity contribution in [2.24, 2.45) is 0 Å². The SMILES string of the molecule is Cc1ccc(CC(=O)c2cncs2)c(Cl)c1. The molecule has 4 heteroatoms. The molecule has 0 unspecified atom stereocenters. The summed E-state index contributed by atoms with van der Waals surface area (Å²) in [6.07, 6.45) is 1.93. The van der Waals surface area contributed by atoms with E-state index in [1.165, 1.54) is 11.3 Å². The maximum Gasteiger partial charge on any atom is 0.178 e. The first-order valence-corrected chi connectivity index (χ1v) is 6.09. The molecule has 2 nitrogen and oxygen atoms in total. The van der Waals surface area contributed by atoms with E-state index in [4.69, 9.17) is 11.6 Å². The van der Waals surface area contributed by atoms with Crippen molar-refractivity contribution >= 4 is 28.7 Å². The van der Waals surface area contributed by atoms with E-state index in [0.29, 0.717) is 16.3 Å². The fraction of sp³-hybridized carbons (Fsp3) is 0.167. The van der Waals surface area contributed by atoms with Crippen LogP contribution in [0.3, 0.4) is 0 Å². The van der Waals surface area contributed by atoms with Crippen LogP contribution < -0.4 is 0 Å². The molecule has 0 aliphatic rings. The van der Waals surface area contributed by atoms with Crippen molar-refractivity contribution in [3.8, 4) is 0 Å². The minimum Gasteiger partial charge on any atom is -0.293 e. The number of benzene rings is 1. The Morgan fingerprint density at radius 2 is 2.31 bits per heavy atom. The highest BCUT2D eigenvalue weighted by Crippen LogP contribution is 2.20. The van der Waals surface area contributed by atoms with E-state index in [2.05, 4.69) is 4.98 Å². The number of aromatic nitrogens is 1. The van der Waals surface area contributed by atoms with Crippen LogP contribution in [0, 0.1) is 6.92 Å². The van der Waals surface area contributed by atoms with Gasteiger partial charge >= 0.3 is 0 Å². The molecule has 0 spiro atoms. The van der Waals surface area contributed by atoms with Crippen molar-refractivity contribution in [2.45, 2.75) is 13.3 Å². The normalized spacial score (nSPS) is 10.4. The smallest absolute Gasteiger partial charge is 0.178 e. The number of carbonyl (C=O) groups is 1. The number of nitrogens with zero attached hydrogens (tertiary/aromatic N) is 1. The fourth-order valence-corrected chi connectivity index (χ4v) is 2.27. The predicted octanol–water partition coefficient (Wildman–Crippen LogP) is 3.53. The Balaban J connectivity index is 2.18. The van der Waals surface area contributed by atoms with Gasteiger partial charge in [0, 0.05) is 17.6 Å². The van der Waals surface area contributed by atoms with E-state index in [1.807, 2.05) is 25.1 Å². The molecular formula is C12H10ClNOS. The minimum atomic E-state index is 0.0632. The van der Waals surface area contributed by atoms with E-state index in [0.717, 1.165) is 11.1 Å². The molecule has 0 amide bonds. The van der Waals surface area contributed by atoms with Gasteiger partial charge in [0.15, 0.2) is 5.78 Å². The molecular weight excluding hydrogens is 242 g/mol. The van der Waals surface area contributed by atoms with Gasteiger partial charge < -0.3 is 0 Å². The molecule has 1 heterocycles. The summed E-state index contributed by atoms with van der Waals surface area (Å²) >= 11 is 7.43. The van der Waals surface area contributed by atoms with Crippen molar-refractivity contribution in [3.05, 3.63) is 50.9 Å². The molecule has 0 saturated carbocycles. The number of thiazole rings is 1. The summed E-state index contributed by atoms with van der Waals surface area (Å²) in [5.41, 5.74) is 3.62. The second-order valence-corrected chi connectivity index (χ2v) is 4.85. The van der Waals surface area contributed by atoms with Gasteiger partial charge in [-0.25, -0.2) is 0 Å². The van der Waals surface area contributed by atoms with Gasteiger partial charge in [-0.1, -0.05) is 23.7 Å². The first-order valence-electron chi connectivity index (χ1n) is 4.83. The van der Waals surface area contributed by atoms with Crippen molar-refractivity contribution in [1.29, 1.82) is 0 Å². The second kappa shape index (κ2) is 4.76. The average Bonchev–Trinajstić information content (AvgIpc) is 2.75. The number of carbonyl (C=O) groups excluding carboxylic acids is 1. The summed E-state index contributed by atoms with van der Waals surface area (Å²) in [5, 5.41) is 0.651. The van der Waals surface area contributed by atoms with Crippen molar-refractivity contribution in [1.82, 2.24) is 4.98 Å². The minimum absolute atomic E-state index is 0.0632. The lowest BCUT2D eigenvalue weighted by Crippen LogP contribution is -2.01. The Morgan fingerprint density at radius 3 is 2.94 bits per heavy atom. The first-order chi connectivity index (χ1) is 7.66. The zero-order valence-electron chi connectivity index (χ0n) is 8.74. The van der Waals surface area contributed by atoms with Gasteiger partial charge in [-0.2, -0.15) is 0 Å². The number of ketones is 1. The molecule has 0 atom stereocenters. The van der Waals surface area contributed by atoms with Crippen LogP contribution in [0.15, 0.2) is 29.9 Å². The number of hydrogen-bond donors (Lipinski definition) is 0. The van der Waals surface area contributed by atoms with Crippen LogP contribution in [0.2, 0.25) is 5.02 Å². The number of hydrogen-bond acceptors (Lipinski definition) is 3. The maximum absolute atomic E-state index is 11.8. The monoisotopic (exact) mass is 251 g/mol. The van der Waals surface area contributed by atoms with Crippen LogP contribution in [0.5, 0.6) is 0 Å². The van der Waals surface area contributed by atoms with Gasteiger partial charge in [-0.05, 0) is 24.1 Å². The number of aryl methyl sites for hydroxylation is 1. The van der Waals surface area contributed by atoms with Crippen LogP contribution in [0.25, 0.3) is 0 Å². The van der Waals surface area contributed by atoms with Crippen molar-refractivity contribution in [3.63, 3.8) is 0 Å². The molecule has 2 aromatic rings. The number of halogens is 1. The highest BCUT2D eigenvalue weighted by Gasteiger charge is 2.10. The zero-order chi connectivity index (χ0) is 11.5. The summed E-state index contributed by atoms with van der Waals surface area (Å²) in [6.45, 7) is 1.97. The lowest BCUT2D eigenvalue weighted by atomic mass is 10.1. The van der Waals surface area contributed by atoms with E-state index in [-0.39, 0.29) is 5.78 Å². The summed E-state index contributed by atoms with van der Waals surface area (Å²) in [4.78, 5) is 16.4. The first kappa shape index (κ1) is 11.3. The standard InChI is InChI=1S/C12H10ClNOS/c1-8-2-3-9(10(13)4-8)5-11(15)12-6-14-7-16-12/h2-4,6-7H,5H2,1H3. The van der Waals surface area contributed by atoms with Crippen LogP contribution in [-0.2, 0) is 6.42 Å². The molecule has 0 aliphatic carbocycles. The Hall–Kier alpha value is -1.19.